The molecule has 1 aliphatic heterocycles. The normalized spacial score (nSPS) is 15.9. The monoisotopic (exact) mass is 401 g/mol. The van der Waals surface area contributed by atoms with Crippen LogP contribution in [0.1, 0.15) is 12.8 Å². The van der Waals surface area contributed by atoms with E-state index in [4.69, 9.17) is 5.26 Å². The molecule has 8 nitrogen and oxygen atoms in total. The van der Waals surface area contributed by atoms with Crippen molar-refractivity contribution < 1.29 is 22.0 Å². The quantitative estimate of drug-likeness (QED) is 0.456. The molecule has 1 saturated heterocycles. The maximum Gasteiger partial charge on any atom is 0.315 e. The van der Waals surface area contributed by atoms with Crippen molar-refractivity contribution in [3.8, 4) is 6.07 Å². The molecule has 2 rings (SSSR count). The van der Waals surface area contributed by atoms with Gasteiger partial charge in [0.25, 0.3) is 0 Å². The van der Waals surface area contributed by atoms with E-state index >= 15 is 0 Å². The molecule has 0 bridgehead atoms. The summed E-state index contributed by atoms with van der Waals surface area (Å²) in [6.45, 7) is 1.67. The number of piperidine rings is 1. The van der Waals surface area contributed by atoms with Crippen LogP contribution in [0.5, 0.6) is 0 Å². The van der Waals surface area contributed by atoms with Crippen molar-refractivity contribution in [2.45, 2.75) is 23.8 Å². The van der Waals surface area contributed by atoms with Crippen molar-refractivity contribution in [2.24, 2.45) is 0 Å². The molecule has 1 heterocycles. The fourth-order valence-electron chi connectivity index (χ4n) is 2.70. The largest absolute Gasteiger partial charge is 0.337 e. The fourth-order valence-corrected chi connectivity index (χ4v) is 3.79. The average molecular weight is 401 g/mol. The second-order valence-electron chi connectivity index (χ2n) is 6.08. The molecule has 0 unspecified atom stereocenters. The minimum absolute atomic E-state index is 0.00115. The number of sulfonamides is 1. The number of amides is 2. The third kappa shape index (κ3) is 6.42. The van der Waals surface area contributed by atoms with Crippen LogP contribution in [0.25, 0.3) is 0 Å². The molecule has 3 N–H and O–H groups in total. The first-order valence-electron chi connectivity index (χ1n) is 8.40. The van der Waals surface area contributed by atoms with Crippen LogP contribution in [0.4, 0.5) is 13.6 Å². The summed E-state index contributed by atoms with van der Waals surface area (Å²) in [6.07, 6.45) is 1.46. The number of nitriles is 1. The molecule has 11 heteroatoms. The van der Waals surface area contributed by atoms with Crippen LogP contribution in [0.15, 0.2) is 23.1 Å². The molecule has 148 valence electrons. The Morgan fingerprint density at radius 1 is 1.26 bits per heavy atom. The van der Waals surface area contributed by atoms with E-state index in [1.54, 1.807) is 0 Å². The van der Waals surface area contributed by atoms with Crippen molar-refractivity contribution in [1.82, 2.24) is 20.3 Å². The lowest BCUT2D eigenvalue weighted by Gasteiger charge is -2.30. The zero-order valence-electron chi connectivity index (χ0n) is 14.5. The summed E-state index contributed by atoms with van der Waals surface area (Å²) >= 11 is 0. The Kier molecular flexibility index (Phi) is 7.46. The smallest absolute Gasteiger partial charge is 0.315 e. The average Bonchev–Trinajstić information content (AvgIpc) is 2.60. The maximum absolute atomic E-state index is 13.6. The predicted molar refractivity (Wildman–Crippen MR) is 93.2 cm³/mol. The molecule has 0 aromatic heterocycles. The van der Waals surface area contributed by atoms with Gasteiger partial charge >= 0.3 is 6.03 Å². The summed E-state index contributed by atoms with van der Waals surface area (Å²) in [7, 11) is -4.14. The van der Waals surface area contributed by atoms with Crippen molar-refractivity contribution in [3.05, 3.63) is 29.8 Å². The zero-order valence-corrected chi connectivity index (χ0v) is 15.4. The molecule has 1 aliphatic rings. The van der Waals surface area contributed by atoms with E-state index in [-0.39, 0.29) is 19.1 Å². The summed E-state index contributed by atoms with van der Waals surface area (Å²) in [4.78, 5) is 13.2. The van der Waals surface area contributed by atoms with Gasteiger partial charge in [0.1, 0.15) is 16.5 Å². The molecule has 1 aromatic carbocycles. The van der Waals surface area contributed by atoms with Crippen LogP contribution in [-0.4, -0.2) is 58.1 Å². The van der Waals surface area contributed by atoms with E-state index in [1.807, 2.05) is 4.90 Å². The van der Waals surface area contributed by atoms with Crippen molar-refractivity contribution >= 4 is 16.1 Å². The zero-order chi connectivity index (χ0) is 19.9. The van der Waals surface area contributed by atoms with Gasteiger partial charge in [-0.3, -0.25) is 4.90 Å². The third-order valence-electron chi connectivity index (χ3n) is 4.10. The van der Waals surface area contributed by atoms with Gasteiger partial charge in [-0.15, -0.1) is 0 Å². The Morgan fingerprint density at radius 2 is 1.96 bits per heavy atom. The topological polar surface area (TPSA) is 114 Å². The van der Waals surface area contributed by atoms with E-state index in [2.05, 4.69) is 21.4 Å². The molecule has 1 aromatic rings. The summed E-state index contributed by atoms with van der Waals surface area (Å²) < 4.78 is 52.5. The Hall–Kier alpha value is -2.29. The standard InChI is InChI=1S/C16H21F2N5O3S/c17-12-1-2-15(14(18)11-12)27(25,26)21-7-6-20-16(24)22-13-3-8-23(9-4-13)10-5-19/h1-2,11,13,21H,3-4,6-10H2,(H2,20,22,24). The highest BCUT2D eigenvalue weighted by Gasteiger charge is 2.21. The molecule has 0 saturated carbocycles. The molecule has 0 spiro atoms. The molecule has 1 fully saturated rings. The molecular weight excluding hydrogens is 380 g/mol. The number of urea groups is 1. The minimum Gasteiger partial charge on any atom is -0.337 e. The second kappa shape index (κ2) is 9.59. The Labute approximate surface area is 156 Å². The van der Waals surface area contributed by atoms with E-state index in [1.165, 1.54) is 0 Å². The number of nitrogens with zero attached hydrogens (tertiary/aromatic N) is 2. The van der Waals surface area contributed by atoms with Gasteiger partial charge in [-0.25, -0.2) is 26.7 Å². The lowest BCUT2D eigenvalue weighted by molar-refractivity contribution is 0.205. The Morgan fingerprint density at radius 3 is 2.59 bits per heavy atom. The van der Waals surface area contributed by atoms with Crippen LogP contribution in [0, 0.1) is 23.0 Å². The fraction of sp³-hybridized carbons (Fsp3) is 0.500. The number of likely N-dealkylation sites (tertiary alicyclic amines) is 1. The van der Waals surface area contributed by atoms with Crippen LogP contribution < -0.4 is 15.4 Å². The maximum atomic E-state index is 13.6. The molecular formula is C16H21F2N5O3S. The van der Waals surface area contributed by atoms with Crippen molar-refractivity contribution in [3.63, 3.8) is 0 Å². The summed E-state index contributed by atoms with van der Waals surface area (Å²) in [5, 5.41) is 14.0. The Bertz CT molecular complexity index is 805. The number of rotatable bonds is 7. The highest BCUT2D eigenvalue weighted by atomic mass is 32.2. The molecule has 0 aliphatic carbocycles. The van der Waals surface area contributed by atoms with E-state index in [9.17, 15) is 22.0 Å². The van der Waals surface area contributed by atoms with Gasteiger partial charge in [0.2, 0.25) is 10.0 Å². The Balaban J connectivity index is 1.70. The van der Waals surface area contributed by atoms with E-state index in [0.29, 0.717) is 12.6 Å². The predicted octanol–water partition coefficient (Wildman–Crippen LogP) is 0.530. The molecule has 0 atom stereocenters. The van der Waals surface area contributed by atoms with Crippen molar-refractivity contribution in [1.29, 1.82) is 5.26 Å². The van der Waals surface area contributed by atoms with Crippen LogP contribution in [0.3, 0.4) is 0 Å². The van der Waals surface area contributed by atoms with E-state index < -0.39 is 32.6 Å². The summed E-state index contributed by atoms with van der Waals surface area (Å²) in [5.74, 6) is -2.06. The number of halogens is 2. The van der Waals surface area contributed by atoms with Gasteiger partial charge in [-0.1, -0.05) is 0 Å². The van der Waals surface area contributed by atoms with Gasteiger partial charge in [0.15, 0.2) is 0 Å². The van der Waals surface area contributed by atoms with Gasteiger partial charge in [-0.2, -0.15) is 5.26 Å². The highest BCUT2D eigenvalue weighted by molar-refractivity contribution is 7.89. The lowest BCUT2D eigenvalue weighted by Crippen LogP contribution is -2.49. The van der Waals surface area contributed by atoms with Gasteiger partial charge in [0.05, 0.1) is 12.6 Å². The number of hydrogen-bond acceptors (Lipinski definition) is 5. The van der Waals surface area contributed by atoms with Crippen LogP contribution >= 0.6 is 0 Å². The summed E-state index contributed by atoms with van der Waals surface area (Å²) in [6, 6.07) is 3.83. The number of hydrogen-bond donors (Lipinski definition) is 3. The number of nitrogens with one attached hydrogen (secondary N) is 3. The van der Waals surface area contributed by atoms with Crippen LogP contribution in [0.2, 0.25) is 0 Å². The number of carbonyl (C=O) groups is 1. The minimum atomic E-state index is -4.14. The van der Waals surface area contributed by atoms with Crippen molar-refractivity contribution in [2.75, 3.05) is 32.7 Å². The summed E-state index contributed by atoms with van der Waals surface area (Å²) in [5.41, 5.74) is 0. The van der Waals surface area contributed by atoms with Gasteiger partial charge < -0.3 is 10.6 Å². The van der Waals surface area contributed by atoms with Gasteiger partial charge in [-0.05, 0) is 25.0 Å². The third-order valence-corrected chi connectivity index (χ3v) is 5.60. The lowest BCUT2D eigenvalue weighted by atomic mass is 10.1. The molecule has 2 amide bonds. The number of benzene rings is 1. The SMILES string of the molecule is N#CCN1CCC(NC(=O)NCCNS(=O)(=O)c2ccc(F)cc2F)CC1. The molecule has 27 heavy (non-hydrogen) atoms. The first kappa shape index (κ1) is 21.0. The highest BCUT2D eigenvalue weighted by Crippen LogP contribution is 2.15. The first-order valence-corrected chi connectivity index (χ1v) is 9.88. The first-order chi connectivity index (χ1) is 12.8. The van der Waals surface area contributed by atoms with E-state index in [0.717, 1.165) is 38.1 Å². The second-order valence-corrected chi connectivity index (χ2v) is 7.82. The van der Waals surface area contributed by atoms with Gasteiger partial charge in [0, 0.05) is 38.3 Å². The van der Waals surface area contributed by atoms with Crippen LogP contribution in [-0.2, 0) is 10.0 Å². The number of carbonyl (C=O) groups excluding carboxylic acids is 1. The molecule has 0 radical (unpaired) electrons.